The number of carbonyl (C=O) groups is 1. The summed E-state index contributed by atoms with van der Waals surface area (Å²) in [6.07, 6.45) is 0. The Bertz CT molecular complexity index is 634. The van der Waals surface area contributed by atoms with Crippen LogP contribution in [-0.2, 0) is 4.79 Å². The second kappa shape index (κ2) is 6.63. The third-order valence-corrected chi connectivity index (χ3v) is 3.37. The fourth-order valence-corrected chi connectivity index (χ4v) is 2.12. The van der Waals surface area contributed by atoms with Crippen LogP contribution in [0, 0.1) is 0 Å². The topological polar surface area (TPSA) is 64.3 Å². The molecule has 4 nitrogen and oxygen atoms in total. The zero-order chi connectivity index (χ0) is 14.5. The Morgan fingerprint density at radius 1 is 1.30 bits per heavy atom. The molecule has 104 valence electrons. The molecule has 0 heterocycles. The summed E-state index contributed by atoms with van der Waals surface area (Å²) >= 11 is 9.13. The van der Waals surface area contributed by atoms with Gasteiger partial charge < -0.3 is 15.8 Å². The molecule has 0 fully saturated rings. The van der Waals surface area contributed by atoms with Gasteiger partial charge in [-0.05, 0) is 46.3 Å². The van der Waals surface area contributed by atoms with Gasteiger partial charge in [0.2, 0.25) is 0 Å². The number of nitrogen functional groups attached to an aromatic ring is 1. The van der Waals surface area contributed by atoms with Gasteiger partial charge in [0.25, 0.3) is 5.91 Å². The Hall–Kier alpha value is -1.72. The highest BCUT2D eigenvalue weighted by Gasteiger charge is 2.07. The Labute approximate surface area is 130 Å². The molecule has 1 amide bonds. The van der Waals surface area contributed by atoms with Gasteiger partial charge in [0.1, 0.15) is 5.75 Å². The quantitative estimate of drug-likeness (QED) is 0.822. The van der Waals surface area contributed by atoms with E-state index in [1.165, 1.54) is 0 Å². The van der Waals surface area contributed by atoms with Gasteiger partial charge in [-0.2, -0.15) is 0 Å². The summed E-state index contributed by atoms with van der Waals surface area (Å²) in [7, 11) is 0. The SMILES string of the molecule is Nc1cc(Cl)ccc1NC(=O)COc1ccccc1Br. The molecule has 0 aromatic heterocycles. The third kappa shape index (κ3) is 3.88. The van der Waals surface area contributed by atoms with Crippen LogP contribution in [0.2, 0.25) is 5.02 Å². The Balaban J connectivity index is 1.94. The minimum atomic E-state index is -0.297. The molecule has 0 bridgehead atoms. The first-order chi connectivity index (χ1) is 9.56. The van der Waals surface area contributed by atoms with Crippen molar-refractivity contribution in [2.45, 2.75) is 0 Å². The Morgan fingerprint density at radius 3 is 2.75 bits per heavy atom. The van der Waals surface area contributed by atoms with Crippen molar-refractivity contribution in [2.24, 2.45) is 0 Å². The lowest BCUT2D eigenvalue weighted by Gasteiger charge is -2.10. The average molecular weight is 356 g/mol. The molecule has 0 spiro atoms. The van der Waals surface area contributed by atoms with E-state index >= 15 is 0 Å². The lowest BCUT2D eigenvalue weighted by Crippen LogP contribution is -2.20. The molecule has 0 radical (unpaired) electrons. The van der Waals surface area contributed by atoms with Crippen LogP contribution in [0.1, 0.15) is 0 Å². The first kappa shape index (κ1) is 14.7. The highest BCUT2D eigenvalue weighted by atomic mass is 79.9. The van der Waals surface area contributed by atoms with E-state index in [9.17, 15) is 4.79 Å². The lowest BCUT2D eigenvalue weighted by molar-refractivity contribution is -0.118. The van der Waals surface area contributed by atoms with E-state index in [0.29, 0.717) is 22.1 Å². The summed E-state index contributed by atoms with van der Waals surface area (Å²) in [5, 5.41) is 3.18. The third-order valence-electron chi connectivity index (χ3n) is 2.48. The number of nitrogens with two attached hydrogens (primary N) is 1. The summed E-state index contributed by atoms with van der Waals surface area (Å²) in [6.45, 7) is -0.106. The largest absolute Gasteiger partial charge is 0.483 e. The van der Waals surface area contributed by atoms with Crippen molar-refractivity contribution in [2.75, 3.05) is 17.7 Å². The van der Waals surface area contributed by atoms with Crippen LogP contribution in [0.4, 0.5) is 11.4 Å². The van der Waals surface area contributed by atoms with Crippen molar-refractivity contribution in [1.29, 1.82) is 0 Å². The average Bonchev–Trinajstić information content (AvgIpc) is 2.41. The molecule has 0 atom stereocenters. The van der Waals surface area contributed by atoms with Gasteiger partial charge in [-0.15, -0.1) is 0 Å². The highest BCUT2D eigenvalue weighted by molar-refractivity contribution is 9.10. The van der Waals surface area contributed by atoms with E-state index in [-0.39, 0.29) is 12.5 Å². The maximum atomic E-state index is 11.8. The van der Waals surface area contributed by atoms with Crippen LogP contribution >= 0.6 is 27.5 Å². The van der Waals surface area contributed by atoms with Gasteiger partial charge in [-0.1, -0.05) is 23.7 Å². The Morgan fingerprint density at radius 2 is 2.05 bits per heavy atom. The number of hydrogen-bond donors (Lipinski definition) is 2. The number of ether oxygens (including phenoxy) is 1. The fourth-order valence-electron chi connectivity index (χ4n) is 1.54. The number of halogens is 2. The van der Waals surface area contributed by atoms with E-state index in [1.54, 1.807) is 24.3 Å². The Kier molecular flexibility index (Phi) is 4.87. The number of para-hydroxylation sites is 1. The second-order valence-electron chi connectivity index (χ2n) is 4.00. The summed E-state index contributed by atoms with van der Waals surface area (Å²) in [6, 6.07) is 12.2. The monoisotopic (exact) mass is 354 g/mol. The number of amides is 1. The van der Waals surface area contributed by atoms with Crippen molar-refractivity contribution in [1.82, 2.24) is 0 Å². The number of nitrogens with one attached hydrogen (secondary N) is 1. The lowest BCUT2D eigenvalue weighted by atomic mass is 10.2. The van der Waals surface area contributed by atoms with Crippen LogP contribution < -0.4 is 15.8 Å². The minimum absolute atomic E-state index is 0.106. The van der Waals surface area contributed by atoms with Crippen molar-refractivity contribution in [3.8, 4) is 5.75 Å². The molecule has 0 aliphatic carbocycles. The van der Waals surface area contributed by atoms with Gasteiger partial charge in [0, 0.05) is 5.02 Å². The number of benzene rings is 2. The normalized spacial score (nSPS) is 10.1. The molecule has 2 rings (SSSR count). The van der Waals surface area contributed by atoms with Crippen LogP contribution in [0.5, 0.6) is 5.75 Å². The zero-order valence-corrected chi connectivity index (χ0v) is 12.7. The van der Waals surface area contributed by atoms with Crippen LogP contribution in [0.3, 0.4) is 0 Å². The molecule has 20 heavy (non-hydrogen) atoms. The van der Waals surface area contributed by atoms with Crippen molar-refractivity contribution in [3.05, 3.63) is 52.0 Å². The van der Waals surface area contributed by atoms with E-state index in [2.05, 4.69) is 21.2 Å². The van der Waals surface area contributed by atoms with Crippen LogP contribution in [0.25, 0.3) is 0 Å². The predicted octanol–water partition coefficient (Wildman–Crippen LogP) is 3.70. The molecule has 0 unspecified atom stereocenters. The number of carbonyl (C=O) groups excluding carboxylic acids is 1. The summed E-state index contributed by atoms with van der Waals surface area (Å²) in [5.41, 5.74) is 6.67. The molecule has 0 saturated carbocycles. The maximum absolute atomic E-state index is 11.8. The molecule has 6 heteroatoms. The highest BCUT2D eigenvalue weighted by Crippen LogP contribution is 2.24. The summed E-state index contributed by atoms with van der Waals surface area (Å²) < 4.78 is 6.20. The van der Waals surface area contributed by atoms with Crippen molar-refractivity contribution >= 4 is 44.8 Å². The van der Waals surface area contributed by atoms with Crippen LogP contribution in [0.15, 0.2) is 46.9 Å². The van der Waals surface area contributed by atoms with Gasteiger partial charge in [-0.3, -0.25) is 4.79 Å². The number of anilines is 2. The second-order valence-corrected chi connectivity index (χ2v) is 5.29. The molecule has 0 aliphatic heterocycles. The molecule has 0 aliphatic rings. The standard InChI is InChI=1S/C14H12BrClN2O2/c15-10-3-1-2-4-13(10)20-8-14(19)18-12-6-5-9(16)7-11(12)17/h1-7H,8,17H2,(H,18,19). The van der Waals surface area contributed by atoms with Crippen molar-refractivity contribution in [3.63, 3.8) is 0 Å². The van der Waals surface area contributed by atoms with Crippen molar-refractivity contribution < 1.29 is 9.53 Å². The van der Waals surface area contributed by atoms with Gasteiger partial charge in [0.05, 0.1) is 15.8 Å². The molecule has 0 saturated heterocycles. The van der Waals surface area contributed by atoms with E-state index in [1.807, 2.05) is 18.2 Å². The van der Waals surface area contributed by atoms with Gasteiger partial charge in [-0.25, -0.2) is 0 Å². The summed E-state index contributed by atoms with van der Waals surface area (Å²) in [5.74, 6) is 0.307. The summed E-state index contributed by atoms with van der Waals surface area (Å²) in [4.78, 5) is 11.8. The van der Waals surface area contributed by atoms with E-state index in [4.69, 9.17) is 22.1 Å². The minimum Gasteiger partial charge on any atom is -0.483 e. The molecule has 3 N–H and O–H groups in total. The molecular weight excluding hydrogens is 344 g/mol. The smallest absolute Gasteiger partial charge is 0.262 e. The molecule has 2 aromatic carbocycles. The van der Waals surface area contributed by atoms with E-state index in [0.717, 1.165) is 4.47 Å². The van der Waals surface area contributed by atoms with E-state index < -0.39 is 0 Å². The first-order valence-electron chi connectivity index (χ1n) is 5.78. The molecule has 2 aromatic rings. The van der Waals surface area contributed by atoms with Gasteiger partial charge in [0.15, 0.2) is 6.61 Å². The fraction of sp³-hybridized carbons (Fsp3) is 0.0714. The predicted molar refractivity (Wildman–Crippen MR) is 84.1 cm³/mol. The maximum Gasteiger partial charge on any atom is 0.262 e. The molecular formula is C14H12BrClN2O2. The van der Waals surface area contributed by atoms with Gasteiger partial charge >= 0.3 is 0 Å². The zero-order valence-electron chi connectivity index (χ0n) is 10.4. The number of hydrogen-bond acceptors (Lipinski definition) is 3. The first-order valence-corrected chi connectivity index (χ1v) is 6.95. The number of rotatable bonds is 4. The van der Waals surface area contributed by atoms with Crippen LogP contribution in [-0.4, -0.2) is 12.5 Å².